The Morgan fingerprint density at radius 1 is 0.900 bits per heavy atom. The van der Waals surface area contributed by atoms with Crippen LogP contribution < -0.4 is 4.90 Å². The average Bonchev–Trinajstić information content (AvgIpc) is 2.79. The molecule has 1 heterocycles. The Kier molecular flexibility index (Phi) is 7.12. The van der Waals surface area contributed by atoms with Gasteiger partial charge in [0.1, 0.15) is 0 Å². The minimum Gasteiger partial charge on any atom is -0.313 e. The molecule has 0 aliphatic heterocycles. The van der Waals surface area contributed by atoms with Crippen molar-refractivity contribution in [1.82, 2.24) is 4.98 Å². The van der Waals surface area contributed by atoms with E-state index in [9.17, 15) is 9.59 Å². The van der Waals surface area contributed by atoms with Gasteiger partial charge in [0.25, 0.3) is 0 Å². The van der Waals surface area contributed by atoms with Gasteiger partial charge in [0, 0.05) is 42.5 Å². The minimum atomic E-state index is 0.120. The van der Waals surface area contributed by atoms with Crippen LogP contribution in [0.2, 0.25) is 0 Å². The van der Waals surface area contributed by atoms with Crippen molar-refractivity contribution in [3.63, 3.8) is 0 Å². The van der Waals surface area contributed by atoms with Gasteiger partial charge >= 0.3 is 0 Å². The first-order chi connectivity index (χ1) is 14.5. The van der Waals surface area contributed by atoms with Crippen molar-refractivity contribution in [2.24, 2.45) is 0 Å². The highest BCUT2D eigenvalue weighted by Gasteiger charge is 2.12. The molecular formula is C26H28N2O2. The molecule has 1 amide bonds. The van der Waals surface area contributed by atoms with Gasteiger partial charge in [-0.1, -0.05) is 49.4 Å². The molecule has 154 valence electrons. The summed E-state index contributed by atoms with van der Waals surface area (Å²) < 4.78 is 0. The molecule has 0 aliphatic rings. The molecular weight excluding hydrogens is 372 g/mol. The van der Waals surface area contributed by atoms with Crippen molar-refractivity contribution >= 4 is 17.4 Å². The van der Waals surface area contributed by atoms with Crippen molar-refractivity contribution in [1.29, 1.82) is 0 Å². The van der Waals surface area contributed by atoms with Crippen LogP contribution in [0.1, 0.15) is 48.3 Å². The zero-order valence-electron chi connectivity index (χ0n) is 17.9. The first-order valence-corrected chi connectivity index (χ1v) is 10.5. The van der Waals surface area contributed by atoms with Crippen molar-refractivity contribution in [2.45, 2.75) is 40.0 Å². The number of rotatable bonds is 8. The average molecular weight is 401 g/mol. The Hall–Kier alpha value is -3.27. The third-order valence-electron chi connectivity index (χ3n) is 5.38. The molecule has 0 spiro atoms. The highest BCUT2D eigenvalue weighted by molar-refractivity contribution is 5.96. The Morgan fingerprint density at radius 3 is 2.10 bits per heavy atom. The summed E-state index contributed by atoms with van der Waals surface area (Å²) in [5.41, 5.74) is 5.83. The molecule has 0 N–H and O–H groups in total. The molecule has 4 heteroatoms. The van der Waals surface area contributed by atoms with Gasteiger partial charge in [-0.2, -0.15) is 0 Å². The van der Waals surface area contributed by atoms with Gasteiger partial charge in [0.15, 0.2) is 5.78 Å². The van der Waals surface area contributed by atoms with Crippen LogP contribution >= 0.6 is 0 Å². The van der Waals surface area contributed by atoms with Crippen molar-refractivity contribution in [3.8, 4) is 11.1 Å². The maximum atomic E-state index is 12.6. The molecule has 0 atom stereocenters. The first-order valence-electron chi connectivity index (χ1n) is 10.5. The zero-order chi connectivity index (χ0) is 21.5. The Morgan fingerprint density at radius 2 is 1.53 bits per heavy atom. The van der Waals surface area contributed by atoms with Gasteiger partial charge in [-0.15, -0.1) is 0 Å². The number of Topliss-reactive ketones (excluding diaryl/α,β-unsaturated/α-hetero) is 1. The van der Waals surface area contributed by atoms with E-state index in [-0.39, 0.29) is 11.7 Å². The lowest BCUT2D eigenvalue weighted by atomic mass is 9.99. The third kappa shape index (κ3) is 5.01. The van der Waals surface area contributed by atoms with E-state index in [1.807, 2.05) is 81.4 Å². The SMILES string of the molecule is CCC(=O)N(CC)c1ccc(-c2ccc(C(=O)CCc3cccnc3C)cc2)cc1. The number of nitrogens with zero attached hydrogens (tertiary/aromatic N) is 2. The molecule has 30 heavy (non-hydrogen) atoms. The fraction of sp³-hybridized carbons (Fsp3) is 0.269. The van der Waals surface area contributed by atoms with Crippen LogP contribution in [0.4, 0.5) is 5.69 Å². The number of hydrogen-bond acceptors (Lipinski definition) is 3. The van der Waals surface area contributed by atoms with E-state index in [2.05, 4.69) is 4.98 Å². The summed E-state index contributed by atoms with van der Waals surface area (Å²) >= 11 is 0. The molecule has 3 aromatic rings. The van der Waals surface area contributed by atoms with Crippen molar-refractivity contribution in [3.05, 3.63) is 83.7 Å². The molecule has 0 radical (unpaired) electrons. The molecule has 1 aromatic heterocycles. The smallest absolute Gasteiger partial charge is 0.226 e. The Labute approximate surface area is 178 Å². The predicted molar refractivity (Wildman–Crippen MR) is 122 cm³/mol. The van der Waals surface area contributed by atoms with Crippen LogP contribution in [0.5, 0.6) is 0 Å². The molecule has 2 aromatic carbocycles. The van der Waals surface area contributed by atoms with E-state index in [1.165, 1.54) is 0 Å². The van der Waals surface area contributed by atoms with E-state index in [4.69, 9.17) is 0 Å². The monoisotopic (exact) mass is 400 g/mol. The van der Waals surface area contributed by atoms with E-state index < -0.39 is 0 Å². The molecule has 3 rings (SSSR count). The van der Waals surface area contributed by atoms with Gasteiger partial charge < -0.3 is 4.90 Å². The summed E-state index contributed by atoms with van der Waals surface area (Å²) in [4.78, 5) is 30.7. The van der Waals surface area contributed by atoms with Gasteiger partial charge in [0.2, 0.25) is 5.91 Å². The lowest BCUT2D eigenvalue weighted by molar-refractivity contribution is -0.118. The van der Waals surface area contributed by atoms with Gasteiger partial charge in [0.05, 0.1) is 0 Å². The maximum Gasteiger partial charge on any atom is 0.226 e. The quantitative estimate of drug-likeness (QED) is 0.460. The Balaban J connectivity index is 1.67. The Bertz CT molecular complexity index is 1010. The number of hydrogen-bond donors (Lipinski definition) is 0. The van der Waals surface area contributed by atoms with Crippen molar-refractivity contribution in [2.75, 3.05) is 11.4 Å². The normalized spacial score (nSPS) is 10.6. The molecule has 0 saturated heterocycles. The van der Waals surface area contributed by atoms with E-state index in [0.717, 1.165) is 33.6 Å². The van der Waals surface area contributed by atoms with Crippen LogP contribution in [0.25, 0.3) is 11.1 Å². The number of aryl methyl sites for hydroxylation is 2. The summed E-state index contributed by atoms with van der Waals surface area (Å²) in [7, 11) is 0. The number of carbonyl (C=O) groups is 2. The van der Waals surface area contributed by atoms with Crippen LogP contribution in [-0.4, -0.2) is 23.2 Å². The second-order valence-corrected chi connectivity index (χ2v) is 7.29. The van der Waals surface area contributed by atoms with E-state index in [1.54, 1.807) is 11.1 Å². The summed E-state index contributed by atoms with van der Waals surface area (Å²) in [5.74, 6) is 0.256. The number of ketones is 1. The van der Waals surface area contributed by atoms with E-state index in [0.29, 0.717) is 25.8 Å². The molecule has 0 unspecified atom stereocenters. The number of aromatic nitrogens is 1. The fourth-order valence-corrected chi connectivity index (χ4v) is 3.55. The fourth-order valence-electron chi connectivity index (χ4n) is 3.55. The van der Waals surface area contributed by atoms with Crippen LogP contribution in [0.3, 0.4) is 0 Å². The lowest BCUT2D eigenvalue weighted by Gasteiger charge is -2.20. The predicted octanol–water partition coefficient (Wildman–Crippen LogP) is 5.64. The summed E-state index contributed by atoms with van der Waals surface area (Å²) in [5, 5.41) is 0. The zero-order valence-corrected chi connectivity index (χ0v) is 17.9. The summed E-state index contributed by atoms with van der Waals surface area (Å²) in [6, 6.07) is 19.6. The largest absolute Gasteiger partial charge is 0.313 e. The highest BCUT2D eigenvalue weighted by atomic mass is 16.2. The second-order valence-electron chi connectivity index (χ2n) is 7.29. The van der Waals surface area contributed by atoms with E-state index >= 15 is 0 Å². The number of amides is 1. The van der Waals surface area contributed by atoms with Crippen LogP contribution in [0, 0.1) is 6.92 Å². The number of pyridine rings is 1. The van der Waals surface area contributed by atoms with Crippen molar-refractivity contribution < 1.29 is 9.59 Å². The lowest BCUT2D eigenvalue weighted by Crippen LogP contribution is -2.29. The summed E-state index contributed by atoms with van der Waals surface area (Å²) in [6.45, 7) is 6.48. The topological polar surface area (TPSA) is 50.3 Å². The second kappa shape index (κ2) is 9.97. The van der Waals surface area contributed by atoms with Crippen LogP contribution in [0.15, 0.2) is 66.9 Å². The molecule has 0 bridgehead atoms. The first kappa shape index (κ1) is 21.4. The third-order valence-corrected chi connectivity index (χ3v) is 5.38. The number of carbonyl (C=O) groups excluding carboxylic acids is 2. The van der Waals surface area contributed by atoms with Crippen LogP contribution in [-0.2, 0) is 11.2 Å². The number of anilines is 1. The molecule has 0 saturated carbocycles. The molecule has 0 aliphatic carbocycles. The summed E-state index contributed by atoms with van der Waals surface area (Å²) in [6.07, 6.45) is 3.43. The van der Waals surface area contributed by atoms with Gasteiger partial charge in [-0.05, 0) is 55.2 Å². The van der Waals surface area contributed by atoms with Gasteiger partial charge in [-0.25, -0.2) is 0 Å². The maximum absolute atomic E-state index is 12.6. The number of benzene rings is 2. The molecule has 0 fully saturated rings. The standard InChI is InChI=1S/C26H28N2O2/c1-4-26(30)28(5-2)24-15-12-22(13-16-24)21-8-10-23(11-9-21)25(29)17-14-20-7-6-18-27-19(20)3/h6-13,15-16,18H,4-5,14,17H2,1-3H3. The highest BCUT2D eigenvalue weighted by Crippen LogP contribution is 2.24. The molecule has 4 nitrogen and oxygen atoms in total. The van der Waals surface area contributed by atoms with Gasteiger partial charge in [-0.3, -0.25) is 14.6 Å². The minimum absolute atomic E-state index is 0.120.